The average molecular weight is 488 g/mol. The second kappa shape index (κ2) is 9.51. The quantitative estimate of drug-likeness (QED) is 0.468. The van der Waals surface area contributed by atoms with Crippen LogP contribution in [0.15, 0.2) is 22.4 Å². The van der Waals surface area contributed by atoms with Crippen LogP contribution < -0.4 is 0 Å². The zero-order chi connectivity index (χ0) is 22.9. The van der Waals surface area contributed by atoms with Crippen LogP contribution in [0.5, 0.6) is 0 Å². The second-order valence-electron chi connectivity index (χ2n) is 6.98. The van der Waals surface area contributed by atoms with Crippen LogP contribution in [0.2, 0.25) is 0 Å². The Morgan fingerprint density at radius 3 is 2.33 bits per heavy atom. The van der Waals surface area contributed by atoms with Gasteiger partial charge in [-0.3, -0.25) is 4.18 Å². The van der Waals surface area contributed by atoms with Crippen LogP contribution in [0.4, 0.5) is 13.2 Å². The third-order valence-electron chi connectivity index (χ3n) is 4.30. The molecular formula is C18H24F3NO5S3. The number of rotatable bonds is 10. The van der Waals surface area contributed by atoms with E-state index >= 15 is 0 Å². The maximum Gasteiger partial charge on any atom is 0.273 e. The number of aryl methyl sites for hydroxylation is 1. The van der Waals surface area contributed by atoms with Crippen molar-refractivity contribution in [3.05, 3.63) is 29.3 Å². The highest BCUT2D eigenvalue weighted by atomic mass is 32.2. The molecule has 0 fully saturated rings. The molecule has 0 saturated carbocycles. The van der Waals surface area contributed by atoms with Crippen LogP contribution in [0, 0.1) is 6.92 Å². The SMILES string of the molecule is CCCN(CC(C)OS(C)(=O)=O)S(=O)(=O)c1sc2ccc(C(F)C(F)F)cc2c1C. The molecule has 170 valence electrons. The number of fused-ring (bicyclic) bond motifs is 1. The van der Waals surface area contributed by atoms with Gasteiger partial charge in [-0.1, -0.05) is 13.0 Å². The molecule has 6 nitrogen and oxygen atoms in total. The van der Waals surface area contributed by atoms with Gasteiger partial charge in [-0.2, -0.15) is 12.7 Å². The number of thiophene rings is 1. The summed E-state index contributed by atoms with van der Waals surface area (Å²) in [5, 5.41) is 0.385. The molecule has 1 aromatic carbocycles. The molecule has 0 aliphatic carbocycles. The fraction of sp³-hybridized carbons (Fsp3) is 0.556. The van der Waals surface area contributed by atoms with E-state index < -0.39 is 38.8 Å². The summed E-state index contributed by atoms with van der Waals surface area (Å²) in [5.74, 6) is 0. The third kappa shape index (κ3) is 5.72. The summed E-state index contributed by atoms with van der Waals surface area (Å²) in [6.07, 6.45) is -5.18. The van der Waals surface area contributed by atoms with E-state index in [4.69, 9.17) is 4.18 Å². The molecule has 0 radical (unpaired) electrons. The first kappa shape index (κ1) is 25.1. The molecule has 0 spiro atoms. The molecule has 30 heavy (non-hydrogen) atoms. The summed E-state index contributed by atoms with van der Waals surface area (Å²) in [6, 6.07) is 3.89. The summed E-state index contributed by atoms with van der Waals surface area (Å²) in [7, 11) is -7.78. The number of nitrogens with zero attached hydrogens (tertiary/aromatic N) is 1. The van der Waals surface area contributed by atoms with Gasteiger partial charge in [0, 0.05) is 17.8 Å². The lowest BCUT2D eigenvalue weighted by Gasteiger charge is -2.24. The van der Waals surface area contributed by atoms with Crippen molar-refractivity contribution < 1.29 is 34.2 Å². The van der Waals surface area contributed by atoms with Gasteiger partial charge in [0.25, 0.3) is 26.6 Å². The van der Waals surface area contributed by atoms with E-state index in [2.05, 4.69) is 0 Å². The molecule has 0 aliphatic rings. The van der Waals surface area contributed by atoms with Crippen molar-refractivity contribution in [3.8, 4) is 0 Å². The maximum absolute atomic E-state index is 13.7. The third-order valence-corrected chi connectivity index (χ3v) is 8.72. The van der Waals surface area contributed by atoms with Gasteiger partial charge in [-0.15, -0.1) is 11.3 Å². The van der Waals surface area contributed by atoms with Crippen LogP contribution >= 0.6 is 11.3 Å². The number of sulfonamides is 1. The van der Waals surface area contributed by atoms with Crippen molar-refractivity contribution in [2.45, 2.75) is 50.1 Å². The van der Waals surface area contributed by atoms with Crippen LogP contribution in [0.25, 0.3) is 10.1 Å². The number of hydrogen-bond donors (Lipinski definition) is 0. The van der Waals surface area contributed by atoms with Crippen LogP contribution in [-0.4, -0.2) is 53.0 Å². The minimum absolute atomic E-state index is 0.00195. The Labute approximate surface area is 178 Å². The monoisotopic (exact) mass is 487 g/mol. The Hall–Kier alpha value is -1.21. The summed E-state index contributed by atoms with van der Waals surface area (Å²) >= 11 is 0.955. The molecule has 0 amide bonds. The molecule has 0 N–H and O–H groups in total. The second-order valence-corrected chi connectivity index (χ2v) is 11.8. The van der Waals surface area contributed by atoms with Crippen molar-refractivity contribution in [2.24, 2.45) is 0 Å². The van der Waals surface area contributed by atoms with Crippen LogP contribution in [-0.2, 0) is 24.3 Å². The zero-order valence-electron chi connectivity index (χ0n) is 16.9. The van der Waals surface area contributed by atoms with Gasteiger partial charge in [0.2, 0.25) is 0 Å². The lowest BCUT2D eigenvalue weighted by atomic mass is 10.1. The highest BCUT2D eigenvalue weighted by molar-refractivity contribution is 7.91. The van der Waals surface area contributed by atoms with Crippen molar-refractivity contribution in [1.82, 2.24) is 4.31 Å². The average Bonchev–Trinajstić information content (AvgIpc) is 2.96. The predicted molar refractivity (Wildman–Crippen MR) is 111 cm³/mol. The summed E-state index contributed by atoms with van der Waals surface area (Å²) in [6.45, 7) is 4.72. The fourth-order valence-electron chi connectivity index (χ4n) is 3.07. The standard InChI is InChI=1S/C18H24F3NO5S3/c1-5-8-22(10-11(2)27-29(4,23)24)30(25,26)18-12(3)14-9-13(16(19)17(20)21)6-7-15(14)28-18/h6-7,9,11,16-17H,5,8,10H2,1-4H3. The first-order valence-corrected chi connectivity index (χ1v) is 13.2. The fourth-order valence-corrected chi connectivity index (χ4v) is 7.22. The highest BCUT2D eigenvalue weighted by Gasteiger charge is 2.31. The van der Waals surface area contributed by atoms with E-state index in [-0.39, 0.29) is 22.9 Å². The van der Waals surface area contributed by atoms with Gasteiger partial charge >= 0.3 is 0 Å². The Kier molecular flexibility index (Phi) is 7.94. The van der Waals surface area contributed by atoms with E-state index in [1.807, 2.05) is 0 Å². The zero-order valence-corrected chi connectivity index (χ0v) is 19.4. The van der Waals surface area contributed by atoms with E-state index in [1.165, 1.54) is 32.0 Å². The maximum atomic E-state index is 13.7. The lowest BCUT2D eigenvalue weighted by Crippen LogP contribution is -2.38. The Morgan fingerprint density at radius 2 is 1.80 bits per heavy atom. The van der Waals surface area contributed by atoms with Crippen molar-refractivity contribution in [2.75, 3.05) is 19.3 Å². The molecule has 1 aromatic heterocycles. The van der Waals surface area contributed by atoms with Gasteiger partial charge in [0.15, 0.2) is 6.17 Å². The lowest BCUT2D eigenvalue weighted by molar-refractivity contribution is 0.0496. The number of alkyl halides is 3. The molecular weight excluding hydrogens is 463 g/mol. The molecule has 12 heteroatoms. The number of halogens is 3. The first-order chi connectivity index (χ1) is 13.8. The van der Waals surface area contributed by atoms with Gasteiger partial charge < -0.3 is 0 Å². The number of benzene rings is 1. The molecule has 2 aromatic rings. The minimum atomic E-state index is -4.02. The van der Waals surface area contributed by atoms with E-state index in [0.717, 1.165) is 21.9 Å². The predicted octanol–water partition coefficient (Wildman–Crippen LogP) is 4.25. The molecule has 2 unspecified atom stereocenters. The highest BCUT2D eigenvalue weighted by Crippen LogP contribution is 2.38. The minimum Gasteiger partial charge on any atom is -0.266 e. The van der Waals surface area contributed by atoms with E-state index in [0.29, 0.717) is 22.1 Å². The van der Waals surface area contributed by atoms with Gasteiger partial charge in [-0.25, -0.2) is 21.6 Å². The molecule has 0 bridgehead atoms. The van der Waals surface area contributed by atoms with Gasteiger partial charge in [0.05, 0.1) is 12.4 Å². The summed E-state index contributed by atoms with van der Waals surface area (Å²) < 4.78 is 94.9. The van der Waals surface area contributed by atoms with Gasteiger partial charge in [0.1, 0.15) is 4.21 Å². The van der Waals surface area contributed by atoms with Crippen LogP contribution in [0.1, 0.15) is 37.6 Å². The topological polar surface area (TPSA) is 80.8 Å². The Morgan fingerprint density at radius 1 is 1.17 bits per heavy atom. The summed E-state index contributed by atoms with van der Waals surface area (Å²) in [5.41, 5.74) is 0.110. The van der Waals surface area contributed by atoms with Crippen LogP contribution in [0.3, 0.4) is 0 Å². The van der Waals surface area contributed by atoms with Crippen molar-refractivity contribution in [3.63, 3.8) is 0 Å². The molecule has 0 aliphatic heterocycles. The van der Waals surface area contributed by atoms with Crippen molar-refractivity contribution in [1.29, 1.82) is 0 Å². The Balaban J connectivity index is 2.46. The molecule has 0 saturated heterocycles. The number of hydrogen-bond acceptors (Lipinski definition) is 6. The van der Waals surface area contributed by atoms with E-state index in [1.54, 1.807) is 6.92 Å². The molecule has 2 rings (SSSR count). The van der Waals surface area contributed by atoms with E-state index in [9.17, 15) is 30.0 Å². The summed E-state index contributed by atoms with van der Waals surface area (Å²) in [4.78, 5) is 0. The molecule has 2 atom stereocenters. The Bertz CT molecular complexity index is 1100. The molecule has 1 heterocycles. The first-order valence-electron chi connectivity index (χ1n) is 9.11. The van der Waals surface area contributed by atoms with Crippen molar-refractivity contribution >= 4 is 41.6 Å². The smallest absolute Gasteiger partial charge is 0.266 e. The van der Waals surface area contributed by atoms with Gasteiger partial charge in [-0.05, 0) is 48.9 Å². The normalized spacial score (nSPS) is 15.2. The largest absolute Gasteiger partial charge is 0.273 e.